The summed E-state index contributed by atoms with van der Waals surface area (Å²) >= 11 is 1.25. The smallest absolute Gasteiger partial charge is 0.216 e. The molecule has 62 valence electrons. The van der Waals surface area contributed by atoms with Crippen molar-refractivity contribution in [1.82, 2.24) is 19.6 Å². The number of hydrogen-bond acceptors (Lipinski definition) is 4. The molecule has 0 saturated heterocycles. The fraction of sp³-hybridized carbons (Fsp3) is 0.286. The van der Waals surface area contributed by atoms with Gasteiger partial charge in [0.25, 0.3) is 5.78 Å². The summed E-state index contributed by atoms with van der Waals surface area (Å²) in [7, 11) is 0. The zero-order valence-electron chi connectivity index (χ0n) is 11.2. The van der Waals surface area contributed by atoms with Gasteiger partial charge in [-0.2, -0.15) is 4.98 Å². The summed E-state index contributed by atoms with van der Waals surface area (Å²) in [6.07, 6.45) is 1.43. The van der Waals surface area contributed by atoms with Crippen LogP contribution in [-0.4, -0.2) is 25.8 Å². The first-order valence-corrected chi connectivity index (χ1v) is 4.35. The molecule has 2 aromatic rings. The normalized spacial score (nSPS) is 17.9. The van der Waals surface area contributed by atoms with E-state index in [1.54, 1.807) is 6.26 Å². The molecule has 0 amide bonds. The maximum atomic E-state index is 7.67. The Bertz CT molecular complexity index is 578. The molecule has 5 heteroatoms. The minimum atomic E-state index is -2.53. The van der Waals surface area contributed by atoms with Crippen LogP contribution in [0.3, 0.4) is 0 Å². The Hall–Kier alpha value is -1.10. The fourth-order valence-corrected chi connectivity index (χ4v) is 1.09. The third-order valence-corrected chi connectivity index (χ3v) is 1.78. The summed E-state index contributed by atoms with van der Waals surface area (Å²) in [6.45, 7) is -2.53. The van der Waals surface area contributed by atoms with Crippen LogP contribution in [0.25, 0.3) is 5.78 Å². The van der Waals surface area contributed by atoms with Gasteiger partial charge in [-0.05, 0) is 19.2 Å². The number of thioether (sulfide) groups is 1. The van der Waals surface area contributed by atoms with Gasteiger partial charge in [-0.1, -0.05) is 11.8 Å². The van der Waals surface area contributed by atoms with E-state index in [4.69, 9.17) is 6.85 Å². The van der Waals surface area contributed by atoms with Crippen LogP contribution in [-0.2, 0) is 0 Å². The van der Waals surface area contributed by atoms with Gasteiger partial charge in [-0.25, -0.2) is 9.50 Å². The molecule has 0 aliphatic carbocycles. The minimum absolute atomic E-state index is 0.0291. The van der Waals surface area contributed by atoms with E-state index in [-0.39, 0.29) is 12.0 Å². The number of aryl methyl sites for hydroxylation is 1. The topological polar surface area (TPSA) is 43.1 Å². The summed E-state index contributed by atoms with van der Waals surface area (Å²) in [5.41, 5.74) is -0.421. The van der Waals surface area contributed by atoms with Crippen molar-refractivity contribution in [3.05, 3.63) is 17.9 Å². The quantitative estimate of drug-likeness (QED) is 0.625. The molecule has 0 unspecified atom stereocenters. The Morgan fingerprint density at radius 1 is 1.67 bits per heavy atom. The van der Waals surface area contributed by atoms with Crippen LogP contribution in [0.4, 0.5) is 0 Å². The molecule has 0 aromatic carbocycles. The Kier molecular flexibility index (Phi) is 0.856. The van der Waals surface area contributed by atoms with Gasteiger partial charge in [0.05, 0.1) is 2.74 Å². The molecule has 0 radical (unpaired) electrons. The molecule has 2 heterocycles. The lowest BCUT2D eigenvalue weighted by atomic mass is 10.5. The fourth-order valence-electron chi connectivity index (χ4n) is 0.753. The Morgan fingerprint density at radius 3 is 3.33 bits per heavy atom. The van der Waals surface area contributed by atoms with E-state index in [0.29, 0.717) is 5.16 Å². The number of fused-ring (bicyclic) bond motifs is 1. The minimum Gasteiger partial charge on any atom is -0.216 e. The second-order valence-electron chi connectivity index (χ2n) is 2.01. The SMILES string of the molecule is [2H]c1c(C([2H])([2H])[2H])nc2nc(SC)nn2c1[2H]. The van der Waals surface area contributed by atoms with Gasteiger partial charge in [0.15, 0.2) is 0 Å². The standard InChI is InChI=1S/C7H8N4S/c1-5-3-4-11-6(8-5)9-7(10-11)12-2/h3-4H,1-2H3/i1D3,3D,4D. The van der Waals surface area contributed by atoms with Crippen molar-refractivity contribution in [1.29, 1.82) is 0 Å². The zero-order valence-corrected chi connectivity index (χ0v) is 7.01. The first kappa shape index (κ1) is 3.74. The highest BCUT2D eigenvalue weighted by Crippen LogP contribution is 2.08. The average Bonchev–Trinajstić information content (AvgIpc) is 2.65. The van der Waals surface area contributed by atoms with Crippen molar-refractivity contribution >= 4 is 17.5 Å². The molecule has 0 aliphatic heterocycles. The molecular weight excluding hydrogens is 172 g/mol. The van der Waals surface area contributed by atoms with Gasteiger partial charge in [-0.15, -0.1) is 5.10 Å². The Morgan fingerprint density at radius 2 is 2.58 bits per heavy atom. The molecule has 4 nitrogen and oxygen atoms in total. The van der Waals surface area contributed by atoms with Crippen LogP contribution in [0.2, 0.25) is 0 Å². The highest BCUT2D eigenvalue weighted by Gasteiger charge is 2.01. The van der Waals surface area contributed by atoms with E-state index in [2.05, 4.69) is 15.1 Å². The van der Waals surface area contributed by atoms with Gasteiger partial charge in [0.2, 0.25) is 5.16 Å². The predicted octanol–water partition coefficient (Wildman–Crippen LogP) is 1.15. The largest absolute Gasteiger partial charge is 0.253 e. The maximum Gasteiger partial charge on any atom is 0.253 e. The monoisotopic (exact) mass is 185 g/mol. The number of rotatable bonds is 1. The van der Waals surface area contributed by atoms with E-state index >= 15 is 0 Å². The average molecular weight is 185 g/mol. The highest BCUT2D eigenvalue weighted by molar-refractivity contribution is 7.98. The predicted molar refractivity (Wildman–Crippen MR) is 47.3 cm³/mol. The van der Waals surface area contributed by atoms with E-state index in [9.17, 15) is 0 Å². The van der Waals surface area contributed by atoms with Crippen LogP contribution in [0.5, 0.6) is 0 Å². The molecule has 0 N–H and O–H groups in total. The first-order chi connectivity index (χ1) is 7.84. The maximum absolute atomic E-state index is 7.67. The molecule has 0 saturated carbocycles. The van der Waals surface area contributed by atoms with Crippen molar-refractivity contribution < 1.29 is 6.85 Å². The molecule has 0 spiro atoms. The van der Waals surface area contributed by atoms with Crippen molar-refractivity contribution in [2.75, 3.05) is 6.26 Å². The lowest BCUT2D eigenvalue weighted by Gasteiger charge is -1.89. The van der Waals surface area contributed by atoms with E-state index < -0.39 is 18.6 Å². The van der Waals surface area contributed by atoms with E-state index in [0.717, 1.165) is 4.52 Å². The van der Waals surface area contributed by atoms with Crippen LogP contribution < -0.4 is 0 Å². The van der Waals surface area contributed by atoms with Crippen molar-refractivity contribution in [2.45, 2.75) is 12.0 Å². The molecule has 2 aromatic heterocycles. The van der Waals surface area contributed by atoms with Crippen molar-refractivity contribution in [3.63, 3.8) is 0 Å². The van der Waals surface area contributed by atoms with Gasteiger partial charge in [0.1, 0.15) is 0 Å². The second kappa shape index (κ2) is 2.75. The first-order valence-electron chi connectivity index (χ1n) is 5.63. The lowest BCUT2D eigenvalue weighted by molar-refractivity contribution is 0.876. The second-order valence-corrected chi connectivity index (χ2v) is 2.78. The summed E-state index contributed by atoms with van der Waals surface area (Å²) in [5, 5.41) is 4.31. The third-order valence-electron chi connectivity index (χ3n) is 1.25. The van der Waals surface area contributed by atoms with Crippen LogP contribution >= 0.6 is 11.8 Å². The van der Waals surface area contributed by atoms with Gasteiger partial charge in [0, 0.05) is 16.0 Å². The lowest BCUT2D eigenvalue weighted by Crippen LogP contribution is -1.90. The summed E-state index contributed by atoms with van der Waals surface area (Å²) in [4.78, 5) is 7.74. The van der Waals surface area contributed by atoms with Crippen LogP contribution in [0.1, 0.15) is 12.5 Å². The van der Waals surface area contributed by atoms with Crippen LogP contribution in [0.15, 0.2) is 17.4 Å². The van der Waals surface area contributed by atoms with Crippen molar-refractivity contribution in [2.24, 2.45) is 0 Å². The molecule has 0 aliphatic rings. The molecular formula is C7H8N4S. The van der Waals surface area contributed by atoms with Gasteiger partial charge in [-0.3, -0.25) is 0 Å². The van der Waals surface area contributed by atoms with E-state index in [1.807, 2.05) is 0 Å². The molecule has 0 atom stereocenters. The third kappa shape index (κ3) is 1.16. The number of nitrogens with zero attached hydrogens (tertiary/aromatic N) is 4. The van der Waals surface area contributed by atoms with Gasteiger partial charge >= 0.3 is 0 Å². The Labute approximate surface area is 81.1 Å². The molecule has 2 rings (SSSR count). The summed E-state index contributed by atoms with van der Waals surface area (Å²) < 4.78 is 38.1. The van der Waals surface area contributed by atoms with E-state index in [1.165, 1.54) is 11.8 Å². The summed E-state index contributed by atoms with van der Waals surface area (Å²) in [6, 6.07) is -0.449. The molecule has 0 bridgehead atoms. The van der Waals surface area contributed by atoms with Crippen LogP contribution in [0, 0.1) is 6.85 Å². The Balaban J connectivity index is 2.77. The zero-order chi connectivity index (χ0) is 12.8. The number of hydrogen-bond donors (Lipinski definition) is 0. The summed E-state index contributed by atoms with van der Waals surface area (Å²) in [5.74, 6) is 0.0291. The highest BCUT2D eigenvalue weighted by atomic mass is 32.2. The molecule has 12 heavy (non-hydrogen) atoms. The van der Waals surface area contributed by atoms with Gasteiger partial charge < -0.3 is 0 Å². The molecule has 0 fully saturated rings. The number of aromatic nitrogens is 4. The van der Waals surface area contributed by atoms with Crippen molar-refractivity contribution in [3.8, 4) is 0 Å².